The Morgan fingerprint density at radius 3 is 2.00 bits per heavy atom. The molecule has 0 fully saturated rings. The Labute approximate surface area is 97.9 Å². The zero-order chi connectivity index (χ0) is 12.6. The molecule has 0 unspecified atom stereocenters. The first-order chi connectivity index (χ1) is 7.18. The molecule has 0 aliphatic carbocycles. The molecule has 0 aromatic heterocycles. The van der Waals surface area contributed by atoms with Gasteiger partial charge in [0.2, 0.25) is 5.91 Å². The van der Waals surface area contributed by atoms with Gasteiger partial charge in [0.15, 0.2) is 0 Å². The number of primary amides is 1. The molecule has 1 rings (SSSR count). The van der Waals surface area contributed by atoms with Crippen molar-refractivity contribution in [3.8, 4) is 0 Å². The van der Waals surface area contributed by atoms with Crippen molar-refractivity contribution in [2.24, 2.45) is 11.1 Å². The largest absolute Gasteiger partial charge is 0.366 e. The first kappa shape index (κ1) is 12.8. The average molecular weight is 219 g/mol. The van der Waals surface area contributed by atoms with E-state index >= 15 is 0 Å². The molecule has 0 radical (unpaired) electrons. The van der Waals surface area contributed by atoms with E-state index in [0.29, 0.717) is 5.56 Å². The minimum atomic E-state index is -0.354. The number of hydrogen-bond acceptors (Lipinski definition) is 1. The zero-order valence-corrected chi connectivity index (χ0v) is 10.8. The Bertz CT molecular complexity index is 399. The third-order valence-corrected chi connectivity index (χ3v) is 3.74. The van der Waals surface area contributed by atoms with Gasteiger partial charge in [-0.2, -0.15) is 0 Å². The summed E-state index contributed by atoms with van der Waals surface area (Å²) in [6.45, 7) is 10.8. The van der Waals surface area contributed by atoms with E-state index in [1.54, 1.807) is 6.07 Å². The van der Waals surface area contributed by atoms with Crippen LogP contribution in [0.5, 0.6) is 0 Å². The van der Waals surface area contributed by atoms with Gasteiger partial charge >= 0.3 is 0 Å². The van der Waals surface area contributed by atoms with Crippen LogP contribution >= 0.6 is 0 Å². The Kier molecular flexibility index (Phi) is 3.13. The lowest BCUT2D eigenvalue weighted by atomic mass is 9.64. The summed E-state index contributed by atoms with van der Waals surface area (Å²) >= 11 is 0. The third-order valence-electron chi connectivity index (χ3n) is 3.74. The lowest BCUT2D eigenvalue weighted by molar-refractivity contribution is 0.0995. The normalized spacial score (nSPS) is 12.6. The summed E-state index contributed by atoms with van der Waals surface area (Å²) in [5, 5.41) is 0. The highest BCUT2D eigenvalue weighted by Gasteiger charge is 2.36. The molecular weight excluding hydrogens is 198 g/mol. The second kappa shape index (κ2) is 3.93. The quantitative estimate of drug-likeness (QED) is 0.816. The van der Waals surface area contributed by atoms with E-state index < -0.39 is 0 Å². The minimum Gasteiger partial charge on any atom is -0.366 e. The van der Waals surface area contributed by atoms with E-state index in [2.05, 4.69) is 34.6 Å². The van der Waals surface area contributed by atoms with Crippen LogP contribution in [-0.4, -0.2) is 5.91 Å². The highest BCUT2D eigenvalue weighted by atomic mass is 16.1. The number of rotatable bonds is 2. The fourth-order valence-corrected chi connectivity index (χ4v) is 1.65. The van der Waals surface area contributed by atoms with E-state index in [1.165, 1.54) is 0 Å². The molecular formula is C14H21NO. The van der Waals surface area contributed by atoms with Crippen LogP contribution in [0, 0.1) is 5.41 Å². The Morgan fingerprint density at radius 2 is 1.56 bits per heavy atom. The fourth-order valence-electron chi connectivity index (χ4n) is 1.65. The van der Waals surface area contributed by atoms with Crippen LogP contribution in [0.2, 0.25) is 0 Å². The summed E-state index contributed by atoms with van der Waals surface area (Å²) < 4.78 is 0. The highest BCUT2D eigenvalue weighted by Crippen LogP contribution is 2.41. The maximum Gasteiger partial charge on any atom is 0.248 e. The van der Waals surface area contributed by atoms with E-state index in [0.717, 1.165) is 5.56 Å². The van der Waals surface area contributed by atoms with Crippen molar-refractivity contribution in [1.82, 2.24) is 0 Å². The molecule has 1 aromatic rings. The third kappa shape index (κ3) is 2.11. The summed E-state index contributed by atoms with van der Waals surface area (Å²) in [5.41, 5.74) is 7.04. The van der Waals surface area contributed by atoms with Gasteiger partial charge in [-0.1, -0.05) is 52.8 Å². The van der Waals surface area contributed by atoms with Gasteiger partial charge in [-0.15, -0.1) is 0 Å². The molecule has 2 nitrogen and oxygen atoms in total. The molecule has 0 bridgehead atoms. The maximum atomic E-state index is 11.4. The highest BCUT2D eigenvalue weighted by molar-refractivity contribution is 5.94. The van der Waals surface area contributed by atoms with E-state index in [4.69, 9.17) is 5.73 Å². The zero-order valence-electron chi connectivity index (χ0n) is 10.8. The molecule has 88 valence electrons. The van der Waals surface area contributed by atoms with Crippen LogP contribution in [0.3, 0.4) is 0 Å². The number of nitrogens with two attached hydrogens (primary N) is 1. The van der Waals surface area contributed by atoms with Gasteiger partial charge in [-0.05, 0) is 22.5 Å². The Hall–Kier alpha value is -1.31. The van der Waals surface area contributed by atoms with E-state index in [-0.39, 0.29) is 16.7 Å². The van der Waals surface area contributed by atoms with Crippen LogP contribution in [-0.2, 0) is 5.41 Å². The van der Waals surface area contributed by atoms with Gasteiger partial charge in [-0.25, -0.2) is 0 Å². The topological polar surface area (TPSA) is 43.1 Å². The number of amides is 1. The van der Waals surface area contributed by atoms with Gasteiger partial charge in [-0.3, -0.25) is 4.79 Å². The van der Waals surface area contributed by atoms with Crippen molar-refractivity contribution in [1.29, 1.82) is 0 Å². The summed E-state index contributed by atoms with van der Waals surface area (Å²) in [6, 6.07) is 7.59. The first-order valence-electron chi connectivity index (χ1n) is 5.57. The van der Waals surface area contributed by atoms with E-state index in [1.807, 2.05) is 18.2 Å². The molecule has 2 heteroatoms. The molecule has 1 amide bonds. The van der Waals surface area contributed by atoms with Crippen molar-refractivity contribution >= 4 is 5.91 Å². The molecule has 0 spiro atoms. The molecule has 0 atom stereocenters. The van der Waals surface area contributed by atoms with Crippen molar-refractivity contribution < 1.29 is 4.79 Å². The van der Waals surface area contributed by atoms with Crippen LogP contribution in [0.25, 0.3) is 0 Å². The molecule has 2 N–H and O–H groups in total. The van der Waals surface area contributed by atoms with Crippen molar-refractivity contribution in [3.05, 3.63) is 35.4 Å². The Balaban J connectivity index is 3.39. The lowest BCUT2D eigenvalue weighted by Crippen LogP contribution is -2.36. The standard InChI is InChI=1S/C14H21NO/c1-13(2,3)14(4,5)11-9-7-6-8-10(11)12(15)16/h6-9H,1-5H3,(H2,15,16). The van der Waals surface area contributed by atoms with Gasteiger partial charge in [0.25, 0.3) is 0 Å². The van der Waals surface area contributed by atoms with Crippen molar-refractivity contribution in [3.63, 3.8) is 0 Å². The van der Waals surface area contributed by atoms with Crippen molar-refractivity contribution in [2.45, 2.75) is 40.0 Å². The second-order valence-corrected chi connectivity index (χ2v) is 5.78. The molecule has 0 heterocycles. The predicted octanol–water partition coefficient (Wildman–Crippen LogP) is 3.11. The maximum absolute atomic E-state index is 11.4. The van der Waals surface area contributed by atoms with Crippen LogP contribution in [0.15, 0.2) is 24.3 Å². The molecule has 0 saturated carbocycles. The number of carbonyl (C=O) groups excluding carboxylic acids is 1. The second-order valence-electron chi connectivity index (χ2n) is 5.78. The summed E-state index contributed by atoms with van der Waals surface area (Å²) in [4.78, 5) is 11.4. The van der Waals surface area contributed by atoms with Gasteiger partial charge in [0, 0.05) is 5.56 Å². The van der Waals surface area contributed by atoms with Gasteiger partial charge < -0.3 is 5.73 Å². The predicted molar refractivity (Wildman–Crippen MR) is 67.4 cm³/mol. The molecule has 0 aliphatic heterocycles. The summed E-state index contributed by atoms with van der Waals surface area (Å²) in [6.07, 6.45) is 0. The smallest absolute Gasteiger partial charge is 0.248 e. The number of hydrogen-bond donors (Lipinski definition) is 1. The molecule has 16 heavy (non-hydrogen) atoms. The summed E-state index contributed by atoms with van der Waals surface area (Å²) in [5.74, 6) is -0.354. The molecule has 1 aromatic carbocycles. The van der Waals surface area contributed by atoms with Crippen LogP contribution < -0.4 is 5.73 Å². The Morgan fingerprint density at radius 1 is 1.06 bits per heavy atom. The van der Waals surface area contributed by atoms with Crippen LogP contribution in [0.1, 0.15) is 50.5 Å². The lowest BCUT2D eigenvalue weighted by Gasteiger charge is -2.40. The van der Waals surface area contributed by atoms with Gasteiger partial charge in [0.05, 0.1) is 0 Å². The van der Waals surface area contributed by atoms with Crippen LogP contribution in [0.4, 0.5) is 0 Å². The number of benzene rings is 1. The summed E-state index contributed by atoms with van der Waals surface area (Å²) in [7, 11) is 0. The number of carbonyl (C=O) groups is 1. The minimum absolute atomic E-state index is 0.0680. The van der Waals surface area contributed by atoms with E-state index in [9.17, 15) is 4.79 Å². The first-order valence-corrected chi connectivity index (χ1v) is 5.57. The monoisotopic (exact) mass is 219 g/mol. The molecule has 0 aliphatic rings. The average Bonchev–Trinajstić information content (AvgIpc) is 2.16. The SMILES string of the molecule is CC(C)(C)C(C)(C)c1ccccc1C(N)=O. The van der Waals surface area contributed by atoms with Crippen molar-refractivity contribution in [2.75, 3.05) is 0 Å². The molecule has 0 saturated heterocycles. The van der Waals surface area contributed by atoms with Gasteiger partial charge in [0.1, 0.15) is 0 Å². The fraction of sp³-hybridized carbons (Fsp3) is 0.500.